The van der Waals surface area contributed by atoms with Crippen LogP contribution in [-0.2, 0) is 19.1 Å². The predicted molar refractivity (Wildman–Crippen MR) is 244 cm³/mol. The molecule has 0 saturated carbocycles. The predicted octanol–water partition coefficient (Wildman–Crippen LogP) is 6.36. The van der Waals surface area contributed by atoms with E-state index in [0.717, 1.165) is 33.9 Å². The maximum atomic E-state index is 13.1. The lowest BCUT2D eigenvalue weighted by Gasteiger charge is -2.37. The molecule has 4 N–H and O–H groups in total. The summed E-state index contributed by atoms with van der Waals surface area (Å²) >= 11 is 5.99. The molecule has 0 radical (unpaired) electrons. The molecule has 4 amide bonds. The number of aromatic nitrogens is 2. The van der Waals surface area contributed by atoms with Crippen LogP contribution in [0.4, 0.5) is 10.0 Å². The number of unbranched alkanes of at least 4 members (excludes halogenated alkanes) is 1. The average molecular weight is 911 g/mol. The van der Waals surface area contributed by atoms with Gasteiger partial charge in [-0.3, -0.25) is 19.2 Å². The summed E-state index contributed by atoms with van der Waals surface area (Å²) in [6, 6.07) is 22.6. The van der Waals surface area contributed by atoms with Gasteiger partial charge in [0.05, 0.1) is 64.5 Å². The van der Waals surface area contributed by atoms with Gasteiger partial charge in [-0.1, -0.05) is 24.3 Å². The van der Waals surface area contributed by atoms with Crippen LogP contribution in [0.3, 0.4) is 0 Å². The molecule has 6 aromatic rings. The Morgan fingerprint density at radius 3 is 1.47 bits per heavy atom. The normalized spacial score (nSPS) is 21.7. The Morgan fingerprint density at radius 2 is 1.03 bits per heavy atom. The van der Waals surface area contributed by atoms with E-state index in [4.69, 9.17) is 19.4 Å². The van der Waals surface area contributed by atoms with Crippen LogP contribution in [-0.4, -0.2) is 120 Å². The van der Waals surface area contributed by atoms with E-state index in [9.17, 15) is 19.2 Å². The van der Waals surface area contributed by atoms with Crippen molar-refractivity contribution in [1.82, 2.24) is 30.4 Å². The number of para-hydroxylation sites is 2. The van der Waals surface area contributed by atoms with Crippen molar-refractivity contribution in [2.45, 2.75) is 61.8 Å². The summed E-state index contributed by atoms with van der Waals surface area (Å²) in [5.41, 5.74) is 2.01. The molecule has 2 aromatic carbocycles. The molecule has 0 aliphatic carbocycles. The lowest BCUT2D eigenvalue weighted by atomic mass is 10.0. The number of hydrogen-bond acceptors (Lipinski definition) is 14. The SMILES string of the molecule is O=C(Nc1ccc(C(=O)N2CC(c3nc4ccccc4s3)C2)s1)[C@@H]1C[C@@H](OCCCCO[C@H]2CN[C@H](C(=O)Nc3ccc(C(=O)N4CC(c5nc6ccccc6s5)C4)s3)C2)CN1. The Kier molecular flexibility index (Phi) is 12.1. The Morgan fingerprint density at radius 1 is 0.597 bits per heavy atom. The number of amides is 4. The quantitative estimate of drug-likeness (QED) is 0.0852. The molecule has 8 heterocycles. The van der Waals surface area contributed by atoms with Crippen LogP contribution in [0.15, 0.2) is 72.8 Å². The molecule has 4 aromatic heterocycles. The highest BCUT2D eigenvalue weighted by atomic mass is 32.1. The van der Waals surface area contributed by atoms with E-state index in [1.165, 1.54) is 32.1 Å². The third kappa shape index (κ3) is 9.05. The lowest BCUT2D eigenvalue weighted by molar-refractivity contribution is -0.118. The van der Waals surface area contributed by atoms with Gasteiger partial charge in [-0.25, -0.2) is 9.97 Å². The van der Waals surface area contributed by atoms with Crippen LogP contribution in [0.2, 0.25) is 0 Å². The molecular formula is C44H46N8O6S4. The van der Waals surface area contributed by atoms with Crippen LogP contribution in [0, 0.1) is 0 Å². The average Bonchev–Trinajstić information content (AvgIpc) is 4.10. The van der Waals surface area contributed by atoms with Gasteiger partial charge in [0.15, 0.2) is 0 Å². The fraction of sp³-hybridized carbons (Fsp3) is 0.409. The number of anilines is 2. The van der Waals surface area contributed by atoms with E-state index in [1.807, 2.05) is 46.2 Å². The summed E-state index contributed by atoms with van der Waals surface area (Å²) in [7, 11) is 0. The second kappa shape index (κ2) is 18.2. The van der Waals surface area contributed by atoms with Crippen LogP contribution < -0.4 is 21.3 Å². The number of ether oxygens (including phenoxy) is 2. The summed E-state index contributed by atoms with van der Waals surface area (Å²) in [4.78, 5) is 66.8. The smallest absolute Gasteiger partial charge is 0.264 e. The zero-order valence-corrected chi connectivity index (χ0v) is 37.0. The molecule has 62 heavy (non-hydrogen) atoms. The van der Waals surface area contributed by atoms with E-state index in [0.29, 0.717) is 85.1 Å². The largest absolute Gasteiger partial charge is 0.377 e. The molecule has 10 rings (SSSR count). The Bertz CT molecular complexity index is 2350. The molecule has 0 bridgehead atoms. The Labute approximate surface area is 374 Å². The molecule has 4 aliphatic heterocycles. The topological polar surface area (TPSA) is 167 Å². The lowest BCUT2D eigenvalue weighted by Crippen LogP contribution is -2.48. The van der Waals surface area contributed by atoms with Gasteiger partial charge in [-0.05, 0) is 74.2 Å². The standard InChI is InChI=1S/C44H46N8O6S4/c53-39(49-37-13-11-35(59-37)43(55)51-21-25(22-51)41-47-29-7-1-3-9-33(29)61-41)31-17-27(19-45-31)57-15-5-6-16-58-28-18-32(46-20-28)40(54)50-38-14-12-36(60-38)44(56)52-23-26(24-52)42-48-30-8-2-4-10-34(30)62-42/h1-4,7-14,25-28,31-32,45-46H,5-6,15-24H2,(H,49,53)(H,50,54)/t27-,28-,31+,32+/m1/s1. The summed E-state index contributed by atoms with van der Waals surface area (Å²) < 4.78 is 14.5. The summed E-state index contributed by atoms with van der Waals surface area (Å²) in [5, 5.41) is 16.0. The highest BCUT2D eigenvalue weighted by Gasteiger charge is 2.37. The first-order valence-corrected chi connectivity index (χ1v) is 24.4. The Balaban J connectivity index is 0.577. The van der Waals surface area contributed by atoms with E-state index in [2.05, 4.69) is 33.4 Å². The number of fused-ring (bicyclic) bond motifs is 2. The number of thiophene rings is 2. The zero-order valence-electron chi connectivity index (χ0n) is 33.7. The molecule has 4 saturated heterocycles. The number of hydrogen-bond donors (Lipinski definition) is 4. The second-order valence-electron chi connectivity index (χ2n) is 16.2. The number of nitrogens with zero attached hydrogens (tertiary/aromatic N) is 4. The van der Waals surface area contributed by atoms with E-state index in [1.54, 1.807) is 46.9 Å². The number of likely N-dealkylation sites (tertiary alicyclic amines) is 2. The van der Waals surface area contributed by atoms with Crippen molar-refractivity contribution in [1.29, 1.82) is 0 Å². The van der Waals surface area contributed by atoms with Gasteiger partial charge in [0.1, 0.15) is 10.0 Å². The van der Waals surface area contributed by atoms with Gasteiger partial charge in [0, 0.05) is 64.3 Å². The molecule has 14 nitrogen and oxygen atoms in total. The number of thiazole rings is 2. The molecule has 0 spiro atoms. The number of carbonyl (C=O) groups excluding carboxylic acids is 4. The van der Waals surface area contributed by atoms with E-state index in [-0.39, 0.29) is 59.8 Å². The van der Waals surface area contributed by atoms with Gasteiger partial charge in [-0.2, -0.15) is 0 Å². The van der Waals surface area contributed by atoms with Crippen molar-refractivity contribution < 1.29 is 28.7 Å². The van der Waals surface area contributed by atoms with Crippen LogP contribution >= 0.6 is 45.3 Å². The summed E-state index contributed by atoms with van der Waals surface area (Å²) in [5.74, 6) is 0.220. The fourth-order valence-electron chi connectivity index (χ4n) is 8.26. The van der Waals surface area contributed by atoms with Crippen molar-refractivity contribution in [3.63, 3.8) is 0 Å². The Hall–Kier alpha value is -4.66. The number of nitrogens with one attached hydrogen (secondary N) is 4. The first-order valence-electron chi connectivity index (χ1n) is 21.1. The first-order chi connectivity index (χ1) is 30.3. The van der Waals surface area contributed by atoms with E-state index >= 15 is 0 Å². The summed E-state index contributed by atoms with van der Waals surface area (Å²) in [6.45, 7) is 4.92. The molecule has 4 aliphatic rings. The monoisotopic (exact) mass is 910 g/mol. The fourth-order valence-corrected chi connectivity index (χ4v) is 12.1. The van der Waals surface area contributed by atoms with Crippen molar-refractivity contribution in [2.75, 3.05) is 63.1 Å². The molecular weight excluding hydrogens is 865 g/mol. The van der Waals surface area contributed by atoms with Gasteiger partial charge < -0.3 is 40.5 Å². The number of benzene rings is 2. The number of rotatable bonds is 15. The highest BCUT2D eigenvalue weighted by molar-refractivity contribution is 7.19. The molecule has 0 unspecified atom stereocenters. The maximum Gasteiger partial charge on any atom is 0.264 e. The van der Waals surface area contributed by atoms with Crippen molar-refractivity contribution in [2.24, 2.45) is 0 Å². The van der Waals surface area contributed by atoms with Gasteiger partial charge in [-0.15, -0.1) is 45.3 Å². The van der Waals surface area contributed by atoms with Crippen LogP contribution in [0.5, 0.6) is 0 Å². The highest BCUT2D eigenvalue weighted by Crippen LogP contribution is 2.37. The first kappa shape index (κ1) is 41.4. The third-order valence-corrected chi connectivity index (χ3v) is 16.2. The third-order valence-electron chi connectivity index (χ3n) is 11.8. The van der Waals surface area contributed by atoms with Crippen molar-refractivity contribution in [3.8, 4) is 0 Å². The minimum atomic E-state index is -0.367. The second-order valence-corrected chi connectivity index (χ2v) is 20.5. The minimum absolute atomic E-state index is 0.0180. The van der Waals surface area contributed by atoms with Crippen LogP contribution in [0.25, 0.3) is 20.4 Å². The van der Waals surface area contributed by atoms with Gasteiger partial charge >= 0.3 is 0 Å². The van der Waals surface area contributed by atoms with Crippen molar-refractivity contribution >= 4 is 99.4 Å². The van der Waals surface area contributed by atoms with E-state index < -0.39 is 0 Å². The number of carbonyl (C=O) groups is 4. The minimum Gasteiger partial charge on any atom is -0.377 e. The van der Waals surface area contributed by atoms with Gasteiger partial charge in [0.25, 0.3) is 11.8 Å². The zero-order chi connectivity index (χ0) is 42.2. The summed E-state index contributed by atoms with van der Waals surface area (Å²) in [6.07, 6.45) is 2.67. The molecule has 4 fully saturated rings. The van der Waals surface area contributed by atoms with Crippen molar-refractivity contribution in [3.05, 3.63) is 92.6 Å². The molecule has 322 valence electrons. The molecule has 4 atom stereocenters. The molecule has 18 heteroatoms. The van der Waals surface area contributed by atoms with Gasteiger partial charge in [0.2, 0.25) is 11.8 Å². The maximum absolute atomic E-state index is 13.1. The van der Waals surface area contributed by atoms with Crippen LogP contribution in [0.1, 0.15) is 66.9 Å².